The average Bonchev–Trinajstić information content (AvgIpc) is 2.83. The van der Waals surface area contributed by atoms with Crippen LogP contribution in [-0.2, 0) is 9.47 Å². The normalized spacial score (nSPS) is 18.6. The lowest BCUT2D eigenvalue weighted by Gasteiger charge is -2.14. The van der Waals surface area contributed by atoms with Crippen LogP contribution in [0, 0.1) is 0 Å². The summed E-state index contributed by atoms with van der Waals surface area (Å²) in [6.45, 7) is 3.17. The first kappa shape index (κ1) is 11.3. The van der Waals surface area contributed by atoms with E-state index in [1.807, 2.05) is 25.1 Å². The Morgan fingerprint density at radius 2 is 2.25 bits per heavy atom. The van der Waals surface area contributed by atoms with Crippen molar-refractivity contribution in [3.05, 3.63) is 23.9 Å². The van der Waals surface area contributed by atoms with Crippen molar-refractivity contribution in [1.82, 2.24) is 4.98 Å². The Morgan fingerprint density at radius 3 is 2.94 bits per heavy atom. The minimum absolute atomic E-state index is 0.0202. The molecule has 0 spiro atoms. The number of aromatic nitrogens is 1. The monoisotopic (exact) mass is 224 g/mol. The lowest BCUT2D eigenvalue weighted by molar-refractivity contribution is -0.0471. The van der Waals surface area contributed by atoms with Gasteiger partial charge in [-0.3, -0.25) is 0 Å². The van der Waals surface area contributed by atoms with Crippen molar-refractivity contribution in [3.63, 3.8) is 0 Å². The highest BCUT2D eigenvalue weighted by Gasteiger charge is 2.19. The van der Waals surface area contributed by atoms with Gasteiger partial charge in [-0.2, -0.15) is 0 Å². The van der Waals surface area contributed by atoms with E-state index in [2.05, 4.69) is 10.3 Å². The third-order valence-electron chi connectivity index (χ3n) is 2.30. The minimum Gasteiger partial charge on any atom is -0.394 e. The van der Waals surface area contributed by atoms with Gasteiger partial charge in [-0.05, 0) is 19.1 Å². The molecule has 2 N–H and O–H groups in total. The van der Waals surface area contributed by atoms with E-state index in [-0.39, 0.29) is 18.9 Å². The fourth-order valence-electron chi connectivity index (χ4n) is 1.49. The number of rotatable bonds is 4. The summed E-state index contributed by atoms with van der Waals surface area (Å²) < 4.78 is 10.7. The number of ether oxygens (including phenoxy) is 2. The first-order chi connectivity index (χ1) is 7.79. The molecule has 1 aliphatic heterocycles. The summed E-state index contributed by atoms with van der Waals surface area (Å²) >= 11 is 0. The Balaban J connectivity index is 2.06. The summed E-state index contributed by atoms with van der Waals surface area (Å²) in [5.41, 5.74) is 0.757. The maximum atomic E-state index is 8.94. The molecule has 0 saturated carbocycles. The molecule has 0 aromatic carbocycles. The van der Waals surface area contributed by atoms with E-state index in [1.54, 1.807) is 0 Å². The van der Waals surface area contributed by atoms with Crippen LogP contribution in [0.3, 0.4) is 0 Å². The van der Waals surface area contributed by atoms with Gasteiger partial charge in [-0.1, -0.05) is 6.07 Å². The van der Waals surface area contributed by atoms with Crippen LogP contribution in [0.1, 0.15) is 18.9 Å². The molecule has 1 unspecified atom stereocenters. The quantitative estimate of drug-likeness (QED) is 0.796. The van der Waals surface area contributed by atoms with E-state index in [0.29, 0.717) is 13.2 Å². The topological polar surface area (TPSA) is 63.6 Å². The second-order valence-electron chi connectivity index (χ2n) is 3.75. The highest BCUT2D eigenvalue weighted by molar-refractivity contribution is 5.36. The van der Waals surface area contributed by atoms with Gasteiger partial charge >= 0.3 is 0 Å². The van der Waals surface area contributed by atoms with Gasteiger partial charge in [0.2, 0.25) is 6.29 Å². The number of aliphatic hydroxyl groups excluding tert-OH is 1. The van der Waals surface area contributed by atoms with Gasteiger partial charge in [0.05, 0.1) is 25.5 Å². The number of anilines is 1. The molecule has 2 heterocycles. The molecule has 0 bridgehead atoms. The van der Waals surface area contributed by atoms with Gasteiger partial charge in [-0.15, -0.1) is 0 Å². The van der Waals surface area contributed by atoms with Crippen LogP contribution in [0.4, 0.5) is 5.82 Å². The Labute approximate surface area is 94.4 Å². The standard InChI is InChI=1S/C11H16N2O3/c1-8(7-14)12-10-4-2-3-9(13-10)11-15-5-6-16-11/h2-4,8,11,14H,5-7H2,1H3,(H,12,13). The molecule has 5 heteroatoms. The van der Waals surface area contributed by atoms with Crippen molar-refractivity contribution in [2.24, 2.45) is 0 Å². The number of pyridine rings is 1. The molecule has 1 atom stereocenters. The van der Waals surface area contributed by atoms with Gasteiger partial charge in [0.1, 0.15) is 5.82 Å². The van der Waals surface area contributed by atoms with Crippen LogP contribution in [-0.4, -0.2) is 36.0 Å². The second-order valence-corrected chi connectivity index (χ2v) is 3.75. The van der Waals surface area contributed by atoms with Crippen LogP contribution in [0.15, 0.2) is 18.2 Å². The van der Waals surface area contributed by atoms with Crippen LogP contribution in [0.25, 0.3) is 0 Å². The summed E-state index contributed by atoms with van der Waals surface area (Å²) in [5, 5.41) is 12.0. The number of hydrogen-bond acceptors (Lipinski definition) is 5. The van der Waals surface area contributed by atoms with Gasteiger partial charge in [0.15, 0.2) is 0 Å². The molecule has 1 saturated heterocycles. The van der Waals surface area contributed by atoms with E-state index in [4.69, 9.17) is 14.6 Å². The van der Waals surface area contributed by atoms with Crippen LogP contribution < -0.4 is 5.32 Å². The molecule has 88 valence electrons. The first-order valence-electron chi connectivity index (χ1n) is 5.37. The summed E-state index contributed by atoms with van der Waals surface area (Å²) in [6, 6.07) is 5.59. The third-order valence-corrected chi connectivity index (χ3v) is 2.30. The lowest BCUT2D eigenvalue weighted by Crippen LogP contribution is -2.20. The average molecular weight is 224 g/mol. The molecule has 1 aromatic rings. The van der Waals surface area contributed by atoms with Crippen molar-refractivity contribution in [2.75, 3.05) is 25.1 Å². The van der Waals surface area contributed by atoms with E-state index in [0.717, 1.165) is 11.5 Å². The van der Waals surface area contributed by atoms with E-state index in [1.165, 1.54) is 0 Å². The molecule has 16 heavy (non-hydrogen) atoms. The lowest BCUT2D eigenvalue weighted by atomic mass is 10.3. The first-order valence-corrected chi connectivity index (χ1v) is 5.37. The molecule has 1 fully saturated rings. The molecule has 1 aromatic heterocycles. The molecule has 0 amide bonds. The Kier molecular flexibility index (Phi) is 3.71. The van der Waals surface area contributed by atoms with E-state index in [9.17, 15) is 0 Å². The van der Waals surface area contributed by atoms with Crippen LogP contribution in [0.2, 0.25) is 0 Å². The summed E-state index contributed by atoms with van der Waals surface area (Å²) in [4.78, 5) is 4.37. The SMILES string of the molecule is CC(CO)Nc1cccc(C2OCCO2)n1. The fourth-order valence-corrected chi connectivity index (χ4v) is 1.49. The minimum atomic E-state index is -0.355. The van der Waals surface area contributed by atoms with Crippen molar-refractivity contribution < 1.29 is 14.6 Å². The van der Waals surface area contributed by atoms with Crippen molar-refractivity contribution in [1.29, 1.82) is 0 Å². The zero-order chi connectivity index (χ0) is 11.4. The van der Waals surface area contributed by atoms with E-state index < -0.39 is 0 Å². The van der Waals surface area contributed by atoms with E-state index >= 15 is 0 Å². The molecular weight excluding hydrogens is 208 g/mol. The highest BCUT2D eigenvalue weighted by Crippen LogP contribution is 2.22. The van der Waals surface area contributed by atoms with Crippen molar-refractivity contribution >= 4 is 5.82 Å². The number of aliphatic hydroxyl groups is 1. The van der Waals surface area contributed by atoms with Gasteiger partial charge in [0.25, 0.3) is 0 Å². The van der Waals surface area contributed by atoms with Crippen molar-refractivity contribution in [2.45, 2.75) is 19.3 Å². The largest absolute Gasteiger partial charge is 0.394 e. The summed E-state index contributed by atoms with van der Waals surface area (Å²) in [5.74, 6) is 0.721. The summed E-state index contributed by atoms with van der Waals surface area (Å²) in [7, 11) is 0. The summed E-state index contributed by atoms with van der Waals surface area (Å²) in [6.07, 6.45) is -0.355. The predicted molar refractivity (Wildman–Crippen MR) is 59.1 cm³/mol. The van der Waals surface area contributed by atoms with Gasteiger partial charge < -0.3 is 19.9 Å². The van der Waals surface area contributed by atoms with Crippen molar-refractivity contribution in [3.8, 4) is 0 Å². The van der Waals surface area contributed by atoms with Gasteiger partial charge in [-0.25, -0.2) is 4.98 Å². The third kappa shape index (κ3) is 2.69. The predicted octanol–water partition coefficient (Wildman–Crippen LogP) is 0.920. The second kappa shape index (κ2) is 5.25. The molecule has 1 aliphatic rings. The number of nitrogens with one attached hydrogen (secondary N) is 1. The highest BCUT2D eigenvalue weighted by atomic mass is 16.7. The molecule has 2 rings (SSSR count). The maximum absolute atomic E-state index is 8.94. The molecule has 0 aliphatic carbocycles. The van der Waals surface area contributed by atoms with Gasteiger partial charge in [0, 0.05) is 6.04 Å². The Morgan fingerprint density at radius 1 is 1.50 bits per heavy atom. The zero-order valence-electron chi connectivity index (χ0n) is 9.22. The molecular formula is C11H16N2O3. The Hall–Kier alpha value is -1.17. The number of hydrogen-bond donors (Lipinski definition) is 2. The Bertz CT molecular complexity index is 340. The smallest absolute Gasteiger partial charge is 0.201 e. The zero-order valence-corrected chi connectivity index (χ0v) is 9.22. The molecule has 0 radical (unpaired) electrons. The fraction of sp³-hybridized carbons (Fsp3) is 0.545. The maximum Gasteiger partial charge on any atom is 0.201 e. The molecule has 5 nitrogen and oxygen atoms in total. The van der Waals surface area contributed by atoms with Crippen LogP contribution in [0.5, 0.6) is 0 Å². The van der Waals surface area contributed by atoms with Crippen LogP contribution >= 0.6 is 0 Å². The number of nitrogens with zero attached hydrogens (tertiary/aromatic N) is 1.